The van der Waals surface area contributed by atoms with Crippen LogP contribution in [0.1, 0.15) is 25.3 Å². The summed E-state index contributed by atoms with van der Waals surface area (Å²) in [7, 11) is 0. The molecule has 0 saturated heterocycles. The second-order valence-corrected chi connectivity index (χ2v) is 5.72. The first kappa shape index (κ1) is 15.2. The average Bonchev–Trinajstić information content (AvgIpc) is 3.29. The fourth-order valence-electron chi connectivity index (χ4n) is 2.42. The highest BCUT2D eigenvalue weighted by molar-refractivity contribution is 5.93. The van der Waals surface area contributed by atoms with Gasteiger partial charge in [-0.05, 0) is 48.6 Å². The third-order valence-electron chi connectivity index (χ3n) is 3.98. The summed E-state index contributed by atoms with van der Waals surface area (Å²) in [5.41, 5.74) is 2.64. The highest BCUT2D eigenvalue weighted by atomic mass is 19.1. The Balaban J connectivity index is 1.95. The zero-order valence-electron chi connectivity index (χ0n) is 13.0. The predicted molar refractivity (Wildman–Crippen MR) is 89.6 cm³/mol. The van der Waals surface area contributed by atoms with Crippen molar-refractivity contribution in [1.82, 2.24) is 9.38 Å². The molecular weight excluding hydrogens is 293 g/mol. The molecule has 23 heavy (non-hydrogen) atoms. The molecule has 0 bridgehead atoms. The lowest BCUT2D eigenvalue weighted by molar-refractivity contribution is -0.117. The van der Waals surface area contributed by atoms with Crippen LogP contribution in [0.4, 0.5) is 10.2 Å². The molecule has 3 rings (SSSR count). The van der Waals surface area contributed by atoms with Gasteiger partial charge in [0.1, 0.15) is 11.5 Å². The molecule has 4 nitrogen and oxygen atoms in total. The Kier molecular flexibility index (Phi) is 3.86. The van der Waals surface area contributed by atoms with Gasteiger partial charge in [0.05, 0.1) is 6.20 Å². The minimum absolute atomic E-state index is 0.0184. The highest BCUT2D eigenvalue weighted by Crippen LogP contribution is 2.30. The number of anilines is 1. The number of amides is 1. The van der Waals surface area contributed by atoms with Crippen molar-refractivity contribution in [2.24, 2.45) is 5.92 Å². The number of hydrogen-bond donors (Lipinski definition) is 1. The van der Waals surface area contributed by atoms with E-state index in [-0.39, 0.29) is 11.8 Å². The first-order valence-electron chi connectivity index (χ1n) is 7.47. The van der Waals surface area contributed by atoms with E-state index in [0.29, 0.717) is 22.6 Å². The third-order valence-corrected chi connectivity index (χ3v) is 3.98. The molecule has 1 saturated carbocycles. The van der Waals surface area contributed by atoms with Gasteiger partial charge in [0.2, 0.25) is 5.91 Å². The van der Waals surface area contributed by atoms with Gasteiger partial charge in [-0.3, -0.25) is 4.79 Å². The number of imidazole rings is 1. The van der Waals surface area contributed by atoms with Crippen LogP contribution in [0.15, 0.2) is 55.2 Å². The molecule has 0 unspecified atom stereocenters. The Morgan fingerprint density at radius 2 is 2.17 bits per heavy atom. The summed E-state index contributed by atoms with van der Waals surface area (Å²) in [5.74, 6) is 0.187. The number of halogens is 1. The molecule has 0 aliphatic heterocycles. The lowest BCUT2D eigenvalue weighted by atomic mass is 10.0. The number of carbonyl (C=O) groups is 1. The quantitative estimate of drug-likeness (QED) is 0.844. The van der Waals surface area contributed by atoms with Crippen LogP contribution < -0.4 is 5.32 Å². The van der Waals surface area contributed by atoms with Crippen molar-refractivity contribution in [1.29, 1.82) is 0 Å². The second-order valence-electron chi connectivity index (χ2n) is 5.72. The van der Waals surface area contributed by atoms with E-state index < -0.39 is 5.83 Å². The topological polar surface area (TPSA) is 46.4 Å². The van der Waals surface area contributed by atoms with E-state index in [2.05, 4.69) is 23.5 Å². The summed E-state index contributed by atoms with van der Waals surface area (Å²) >= 11 is 0. The number of nitrogens with one attached hydrogen (secondary N) is 1. The van der Waals surface area contributed by atoms with Crippen LogP contribution in [0, 0.1) is 5.92 Å². The molecule has 5 heteroatoms. The molecule has 0 spiro atoms. The van der Waals surface area contributed by atoms with Gasteiger partial charge in [-0.2, -0.15) is 0 Å². The molecule has 2 aromatic rings. The summed E-state index contributed by atoms with van der Waals surface area (Å²) in [6.45, 7) is 8.74. The fraction of sp³-hybridized carbons (Fsp3) is 0.222. The first-order valence-corrected chi connectivity index (χ1v) is 7.47. The summed E-state index contributed by atoms with van der Waals surface area (Å²) in [6.07, 6.45) is 7.08. The van der Waals surface area contributed by atoms with Gasteiger partial charge < -0.3 is 9.72 Å². The molecule has 1 N–H and O–H groups in total. The number of hydrogen-bond acceptors (Lipinski definition) is 2. The van der Waals surface area contributed by atoms with Crippen LogP contribution >= 0.6 is 0 Å². The molecule has 0 atom stereocenters. The van der Waals surface area contributed by atoms with Crippen molar-refractivity contribution in [2.75, 3.05) is 5.32 Å². The number of aromatic nitrogens is 2. The van der Waals surface area contributed by atoms with E-state index in [0.717, 1.165) is 18.4 Å². The van der Waals surface area contributed by atoms with Gasteiger partial charge in [0, 0.05) is 12.1 Å². The van der Waals surface area contributed by atoms with Crippen molar-refractivity contribution in [2.45, 2.75) is 19.8 Å². The Morgan fingerprint density at radius 1 is 1.43 bits per heavy atom. The monoisotopic (exact) mass is 311 g/mol. The minimum atomic E-state index is -0.483. The second kappa shape index (κ2) is 5.83. The molecular formula is C18H18FN3O. The first-order chi connectivity index (χ1) is 11.0. The van der Waals surface area contributed by atoms with E-state index >= 15 is 0 Å². The number of fused-ring (bicyclic) bond motifs is 1. The zero-order valence-corrected chi connectivity index (χ0v) is 13.0. The van der Waals surface area contributed by atoms with E-state index in [1.165, 1.54) is 0 Å². The van der Waals surface area contributed by atoms with Crippen molar-refractivity contribution in [3.8, 4) is 0 Å². The molecule has 1 fully saturated rings. The molecule has 2 heterocycles. The van der Waals surface area contributed by atoms with E-state index in [1.807, 2.05) is 18.3 Å². The van der Waals surface area contributed by atoms with Crippen LogP contribution in [0.5, 0.6) is 0 Å². The van der Waals surface area contributed by atoms with Gasteiger partial charge in [-0.15, -0.1) is 0 Å². The van der Waals surface area contributed by atoms with Crippen LogP contribution in [-0.4, -0.2) is 15.3 Å². The molecule has 2 aromatic heterocycles. The van der Waals surface area contributed by atoms with Crippen LogP contribution in [0.3, 0.4) is 0 Å². The Labute approximate surface area is 134 Å². The lowest BCUT2D eigenvalue weighted by Gasteiger charge is -2.07. The largest absolute Gasteiger partial charge is 0.309 e. The number of nitrogens with zero attached hydrogens (tertiary/aromatic N) is 2. The lowest BCUT2D eigenvalue weighted by Crippen LogP contribution is -2.13. The maximum atomic E-state index is 13.4. The molecule has 1 amide bonds. The van der Waals surface area contributed by atoms with Crippen molar-refractivity contribution in [3.05, 3.63) is 60.7 Å². The zero-order chi connectivity index (χ0) is 16.6. The van der Waals surface area contributed by atoms with Gasteiger partial charge >= 0.3 is 0 Å². The SMILES string of the molecule is C=C/C(=C(/C)C(=C)F)c1ccc2nc(NC(=O)C3CC3)cn2c1. The van der Waals surface area contributed by atoms with Crippen molar-refractivity contribution in [3.63, 3.8) is 0 Å². The number of pyridine rings is 1. The fourth-order valence-corrected chi connectivity index (χ4v) is 2.42. The molecule has 0 aromatic carbocycles. The van der Waals surface area contributed by atoms with E-state index in [4.69, 9.17) is 0 Å². The Bertz CT molecular complexity index is 843. The number of rotatable bonds is 5. The highest BCUT2D eigenvalue weighted by Gasteiger charge is 2.29. The molecule has 118 valence electrons. The van der Waals surface area contributed by atoms with Gasteiger partial charge in [-0.1, -0.05) is 19.2 Å². The number of allylic oxidation sites excluding steroid dienone is 4. The van der Waals surface area contributed by atoms with Gasteiger partial charge in [0.15, 0.2) is 5.82 Å². The predicted octanol–water partition coefficient (Wildman–Crippen LogP) is 4.13. The maximum absolute atomic E-state index is 13.4. The van der Waals surface area contributed by atoms with E-state index in [9.17, 15) is 9.18 Å². The maximum Gasteiger partial charge on any atom is 0.228 e. The third kappa shape index (κ3) is 3.08. The normalized spacial score (nSPS) is 15.2. The standard InChI is InChI=1S/C18H18FN3O/c1-4-15(11(2)12(3)19)14-7-8-17-20-16(10-22(17)9-14)21-18(23)13-5-6-13/h4,7-10,13H,1,3,5-6H2,2H3,(H,21,23)/b15-11+. The van der Waals surface area contributed by atoms with Crippen molar-refractivity contribution >= 4 is 22.9 Å². The van der Waals surface area contributed by atoms with Crippen molar-refractivity contribution < 1.29 is 9.18 Å². The van der Waals surface area contributed by atoms with Crippen LogP contribution in [0.25, 0.3) is 11.2 Å². The minimum Gasteiger partial charge on any atom is -0.309 e. The summed E-state index contributed by atoms with van der Waals surface area (Å²) < 4.78 is 15.2. The smallest absolute Gasteiger partial charge is 0.228 e. The summed E-state index contributed by atoms with van der Waals surface area (Å²) in [6, 6.07) is 3.66. The molecule has 1 aliphatic carbocycles. The Hall–Kier alpha value is -2.69. The Morgan fingerprint density at radius 3 is 2.78 bits per heavy atom. The van der Waals surface area contributed by atoms with Gasteiger partial charge in [-0.25, -0.2) is 9.37 Å². The molecule has 0 radical (unpaired) electrons. The summed E-state index contributed by atoms with van der Waals surface area (Å²) in [4.78, 5) is 16.2. The summed E-state index contributed by atoms with van der Waals surface area (Å²) in [5, 5.41) is 2.82. The van der Waals surface area contributed by atoms with Crippen LogP contribution in [-0.2, 0) is 4.79 Å². The van der Waals surface area contributed by atoms with Gasteiger partial charge in [0.25, 0.3) is 0 Å². The average molecular weight is 311 g/mol. The van der Waals surface area contributed by atoms with E-state index in [1.54, 1.807) is 23.6 Å². The number of carbonyl (C=O) groups excluding carboxylic acids is 1. The molecule has 1 aliphatic rings. The van der Waals surface area contributed by atoms with Crippen LogP contribution in [0.2, 0.25) is 0 Å².